The minimum Gasteiger partial charge on any atom is -0.381 e. The third-order valence-electron chi connectivity index (χ3n) is 5.92. The van der Waals surface area contributed by atoms with Gasteiger partial charge in [-0.05, 0) is 55.0 Å². The standard InChI is InChI=1S/C23H26F3N3O3/c1-15-11-18(14-28(2)22(15)30)17-3-4-19-20(13-17)29(7-10-32-23(24,25)26)21(27-19)12-16-5-8-31-9-6-16/h3-4,11,13-14,16H,5-10,12H2,1-2H3. The van der Waals surface area contributed by atoms with Gasteiger partial charge in [0, 0.05) is 45.0 Å². The molecule has 1 aromatic carbocycles. The Kier molecular flexibility index (Phi) is 6.39. The van der Waals surface area contributed by atoms with Crippen LogP contribution in [0.2, 0.25) is 0 Å². The van der Waals surface area contributed by atoms with Crippen molar-refractivity contribution in [2.45, 2.75) is 39.1 Å². The van der Waals surface area contributed by atoms with E-state index in [0.717, 1.165) is 40.8 Å². The number of benzene rings is 1. The molecule has 32 heavy (non-hydrogen) atoms. The molecule has 0 radical (unpaired) electrons. The first-order valence-electron chi connectivity index (χ1n) is 10.7. The van der Waals surface area contributed by atoms with Crippen molar-refractivity contribution in [2.24, 2.45) is 13.0 Å². The Hall–Kier alpha value is -2.65. The van der Waals surface area contributed by atoms with E-state index in [-0.39, 0.29) is 12.1 Å². The van der Waals surface area contributed by atoms with Crippen LogP contribution in [0.1, 0.15) is 24.2 Å². The van der Waals surface area contributed by atoms with E-state index in [4.69, 9.17) is 9.72 Å². The van der Waals surface area contributed by atoms with Crippen molar-refractivity contribution in [2.75, 3.05) is 19.8 Å². The molecule has 172 valence electrons. The van der Waals surface area contributed by atoms with Gasteiger partial charge in [0.15, 0.2) is 0 Å². The van der Waals surface area contributed by atoms with Crippen LogP contribution in [0.3, 0.4) is 0 Å². The molecule has 1 aliphatic heterocycles. The summed E-state index contributed by atoms with van der Waals surface area (Å²) in [6, 6.07) is 7.53. The Balaban J connectivity index is 1.72. The molecule has 1 fully saturated rings. The van der Waals surface area contributed by atoms with Gasteiger partial charge >= 0.3 is 6.36 Å². The molecule has 1 aliphatic rings. The molecule has 3 aromatic rings. The number of hydrogen-bond acceptors (Lipinski definition) is 4. The van der Waals surface area contributed by atoms with Gasteiger partial charge in [-0.2, -0.15) is 0 Å². The van der Waals surface area contributed by atoms with Crippen LogP contribution in [0.15, 0.2) is 35.3 Å². The summed E-state index contributed by atoms with van der Waals surface area (Å²) in [6.45, 7) is 2.70. The number of alkyl halides is 3. The van der Waals surface area contributed by atoms with E-state index in [1.54, 1.807) is 20.2 Å². The van der Waals surface area contributed by atoms with E-state index in [9.17, 15) is 18.0 Å². The lowest BCUT2D eigenvalue weighted by molar-refractivity contribution is -0.325. The summed E-state index contributed by atoms with van der Waals surface area (Å²) in [7, 11) is 1.70. The molecule has 0 unspecified atom stereocenters. The number of fused-ring (bicyclic) bond motifs is 1. The Morgan fingerprint density at radius 3 is 2.62 bits per heavy atom. The predicted octanol–water partition coefficient (Wildman–Crippen LogP) is 4.22. The second-order valence-electron chi connectivity index (χ2n) is 8.27. The van der Waals surface area contributed by atoms with E-state index >= 15 is 0 Å². The normalized spacial score (nSPS) is 15.5. The van der Waals surface area contributed by atoms with Gasteiger partial charge in [0.05, 0.1) is 17.6 Å². The average Bonchev–Trinajstić information content (AvgIpc) is 3.08. The number of aromatic nitrogens is 3. The fourth-order valence-corrected chi connectivity index (χ4v) is 4.25. The Labute approximate surface area is 183 Å². The van der Waals surface area contributed by atoms with Gasteiger partial charge in [-0.25, -0.2) is 4.98 Å². The number of halogens is 3. The van der Waals surface area contributed by atoms with Crippen molar-refractivity contribution < 1.29 is 22.6 Å². The molecule has 6 nitrogen and oxygen atoms in total. The summed E-state index contributed by atoms with van der Waals surface area (Å²) in [5.74, 6) is 1.14. The number of hydrogen-bond donors (Lipinski definition) is 0. The van der Waals surface area contributed by atoms with Crippen molar-refractivity contribution in [3.63, 3.8) is 0 Å². The summed E-state index contributed by atoms with van der Waals surface area (Å²) in [6.07, 6.45) is -0.421. The Morgan fingerprint density at radius 2 is 1.94 bits per heavy atom. The first-order valence-corrected chi connectivity index (χ1v) is 10.7. The maximum Gasteiger partial charge on any atom is 0.522 e. The lowest BCUT2D eigenvalue weighted by atomic mass is 9.96. The maximum atomic E-state index is 12.6. The Bertz CT molecular complexity index is 1130. The van der Waals surface area contributed by atoms with Crippen molar-refractivity contribution in [3.05, 3.63) is 52.2 Å². The zero-order chi connectivity index (χ0) is 22.9. The zero-order valence-electron chi connectivity index (χ0n) is 18.1. The highest BCUT2D eigenvalue weighted by Crippen LogP contribution is 2.28. The number of aryl methyl sites for hydroxylation is 2. The smallest absolute Gasteiger partial charge is 0.381 e. The highest BCUT2D eigenvalue weighted by Gasteiger charge is 2.29. The van der Waals surface area contributed by atoms with Crippen LogP contribution in [0, 0.1) is 12.8 Å². The van der Waals surface area contributed by atoms with Gasteiger partial charge in [-0.1, -0.05) is 6.07 Å². The van der Waals surface area contributed by atoms with Crippen LogP contribution >= 0.6 is 0 Å². The molecule has 2 aromatic heterocycles. The van der Waals surface area contributed by atoms with Crippen LogP contribution in [-0.4, -0.2) is 40.3 Å². The van der Waals surface area contributed by atoms with Gasteiger partial charge in [-0.15, -0.1) is 13.2 Å². The van der Waals surface area contributed by atoms with Crippen LogP contribution in [0.25, 0.3) is 22.2 Å². The summed E-state index contributed by atoms with van der Waals surface area (Å²) < 4.78 is 50.6. The number of nitrogens with zero attached hydrogens (tertiary/aromatic N) is 3. The van der Waals surface area contributed by atoms with E-state index in [1.807, 2.05) is 28.8 Å². The number of rotatable bonds is 6. The lowest BCUT2D eigenvalue weighted by Crippen LogP contribution is -2.21. The van der Waals surface area contributed by atoms with Crippen molar-refractivity contribution in [1.82, 2.24) is 14.1 Å². The highest BCUT2D eigenvalue weighted by molar-refractivity contribution is 5.82. The molecule has 0 N–H and O–H groups in total. The monoisotopic (exact) mass is 449 g/mol. The lowest BCUT2D eigenvalue weighted by Gasteiger charge is -2.22. The second kappa shape index (κ2) is 9.07. The molecule has 4 rings (SSSR count). The van der Waals surface area contributed by atoms with Gasteiger partial charge < -0.3 is 13.9 Å². The number of ether oxygens (including phenoxy) is 2. The number of pyridine rings is 1. The molecule has 9 heteroatoms. The third kappa shape index (κ3) is 5.05. The molecular weight excluding hydrogens is 423 g/mol. The van der Waals surface area contributed by atoms with E-state index in [1.165, 1.54) is 4.57 Å². The topological polar surface area (TPSA) is 58.3 Å². The fourth-order valence-electron chi connectivity index (χ4n) is 4.25. The summed E-state index contributed by atoms with van der Waals surface area (Å²) >= 11 is 0. The first kappa shape index (κ1) is 22.5. The SMILES string of the molecule is Cc1cc(-c2ccc3nc(CC4CCOCC4)n(CCOC(F)(F)F)c3c2)cn(C)c1=O. The maximum absolute atomic E-state index is 12.6. The minimum absolute atomic E-state index is 0.0460. The fraction of sp³-hybridized carbons (Fsp3) is 0.478. The molecule has 0 saturated carbocycles. The zero-order valence-corrected chi connectivity index (χ0v) is 18.1. The second-order valence-corrected chi connectivity index (χ2v) is 8.27. The minimum atomic E-state index is -4.67. The quantitative estimate of drug-likeness (QED) is 0.566. The molecule has 0 aliphatic carbocycles. The molecule has 3 heterocycles. The van der Waals surface area contributed by atoms with Crippen LogP contribution in [-0.2, 0) is 29.5 Å². The molecule has 0 spiro atoms. The van der Waals surface area contributed by atoms with E-state index < -0.39 is 13.0 Å². The average molecular weight is 449 g/mol. The number of imidazole rings is 1. The van der Waals surface area contributed by atoms with Crippen LogP contribution in [0.5, 0.6) is 0 Å². The van der Waals surface area contributed by atoms with Crippen LogP contribution < -0.4 is 5.56 Å². The predicted molar refractivity (Wildman–Crippen MR) is 114 cm³/mol. The van der Waals surface area contributed by atoms with Gasteiger partial charge in [0.25, 0.3) is 5.56 Å². The Morgan fingerprint density at radius 1 is 1.19 bits per heavy atom. The van der Waals surface area contributed by atoms with E-state index in [0.29, 0.717) is 31.1 Å². The van der Waals surface area contributed by atoms with Crippen LogP contribution in [0.4, 0.5) is 13.2 Å². The van der Waals surface area contributed by atoms with Gasteiger partial charge in [0.1, 0.15) is 5.82 Å². The highest BCUT2D eigenvalue weighted by atomic mass is 19.4. The molecule has 0 bridgehead atoms. The summed E-state index contributed by atoms with van der Waals surface area (Å²) in [5, 5.41) is 0. The van der Waals surface area contributed by atoms with E-state index in [2.05, 4.69) is 4.74 Å². The summed E-state index contributed by atoms with van der Waals surface area (Å²) in [5.41, 5.74) is 3.76. The van der Waals surface area contributed by atoms with Crippen molar-refractivity contribution in [1.29, 1.82) is 0 Å². The van der Waals surface area contributed by atoms with Crippen molar-refractivity contribution >= 4 is 11.0 Å². The largest absolute Gasteiger partial charge is 0.522 e. The molecular formula is C23H26F3N3O3. The third-order valence-corrected chi connectivity index (χ3v) is 5.92. The van der Waals surface area contributed by atoms with Crippen molar-refractivity contribution in [3.8, 4) is 11.1 Å². The summed E-state index contributed by atoms with van der Waals surface area (Å²) in [4.78, 5) is 16.8. The van der Waals surface area contributed by atoms with Gasteiger partial charge in [0.2, 0.25) is 0 Å². The molecule has 0 atom stereocenters. The molecule has 0 amide bonds. The first-order chi connectivity index (χ1) is 15.2. The molecule has 1 saturated heterocycles. The van der Waals surface area contributed by atoms with Gasteiger partial charge in [-0.3, -0.25) is 9.53 Å².